The smallest absolute Gasteiger partial charge is 0.134 e. The molecule has 0 unspecified atom stereocenters. The van der Waals surface area contributed by atoms with Crippen molar-refractivity contribution in [3.63, 3.8) is 0 Å². The molecule has 1 aliphatic heterocycles. The monoisotopic (exact) mass is 223 g/mol. The van der Waals surface area contributed by atoms with Crippen molar-refractivity contribution in [1.82, 2.24) is 9.97 Å². The maximum absolute atomic E-state index is 5.76. The van der Waals surface area contributed by atoms with Crippen LogP contribution in [0, 0.1) is 0 Å². The van der Waals surface area contributed by atoms with Crippen molar-refractivity contribution in [3.05, 3.63) is 17.6 Å². The molecule has 0 radical (unpaired) electrons. The number of ether oxygens (including phenoxy) is 2. The number of nitrogens with two attached hydrogens (primary N) is 1. The SMILES string of the molecule is COCc1cc(N)nc(C2CCOCC2)n1. The van der Waals surface area contributed by atoms with Crippen molar-refractivity contribution in [2.75, 3.05) is 26.1 Å². The van der Waals surface area contributed by atoms with Gasteiger partial charge in [0, 0.05) is 32.3 Å². The van der Waals surface area contributed by atoms with Crippen LogP contribution in [0.5, 0.6) is 0 Å². The molecule has 0 aliphatic carbocycles. The van der Waals surface area contributed by atoms with Gasteiger partial charge in [-0.1, -0.05) is 0 Å². The Labute approximate surface area is 95.0 Å². The summed E-state index contributed by atoms with van der Waals surface area (Å²) >= 11 is 0. The summed E-state index contributed by atoms with van der Waals surface area (Å²) in [4.78, 5) is 8.77. The zero-order chi connectivity index (χ0) is 11.4. The van der Waals surface area contributed by atoms with Crippen molar-refractivity contribution in [3.8, 4) is 0 Å². The Hall–Kier alpha value is -1.20. The summed E-state index contributed by atoms with van der Waals surface area (Å²) in [6.45, 7) is 2.04. The number of hydrogen-bond donors (Lipinski definition) is 1. The zero-order valence-corrected chi connectivity index (χ0v) is 9.48. The molecule has 0 atom stereocenters. The number of aromatic nitrogens is 2. The first-order chi connectivity index (χ1) is 7.79. The van der Waals surface area contributed by atoms with Gasteiger partial charge in [-0.2, -0.15) is 0 Å². The van der Waals surface area contributed by atoms with E-state index in [9.17, 15) is 0 Å². The summed E-state index contributed by atoms with van der Waals surface area (Å²) < 4.78 is 10.4. The summed E-state index contributed by atoms with van der Waals surface area (Å²) in [6.07, 6.45) is 1.94. The van der Waals surface area contributed by atoms with E-state index in [2.05, 4.69) is 9.97 Å². The highest BCUT2D eigenvalue weighted by Crippen LogP contribution is 2.24. The summed E-state index contributed by atoms with van der Waals surface area (Å²) in [5.41, 5.74) is 6.60. The maximum atomic E-state index is 5.76. The van der Waals surface area contributed by atoms with E-state index in [4.69, 9.17) is 15.2 Å². The normalized spacial score (nSPS) is 17.6. The predicted octanol–water partition coefficient (Wildman–Crippen LogP) is 1.10. The van der Waals surface area contributed by atoms with Crippen LogP contribution in [0.4, 0.5) is 5.82 Å². The van der Waals surface area contributed by atoms with Crippen molar-refractivity contribution < 1.29 is 9.47 Å². The highest BCUT2D eigenvalue weighted by molar-refractivity contribution is 5.30. The van der Waals surface area contributed by atoms with Gasteiger partial charge >= 0.3 is 0 Å². The minimum Gasteiger partial charge on any atom is -0.384 e. The van der Waals surface area contributed by atoms with Crippen LogP contribution in [0.15, 0.2) is 6.07 Å². The van der Waals surface area contributed by atoms with Crippen LogP contribution >= 0.6 is 0 Å². The number of methoxy groups -OCH3 is 1. The first-order valence-electron chi connectivity index (χ1n) is 5.49. The molecule has 88 valence electrons. The van der Waals surface area contributed by atoms with E-state index in [1.807, 2.05) is 0 Å². The Bertz CT molecular complexity index is 351. The highest BCUT2D eigenvalue weighted by Gasteiger charge is 2.19. The van der Waals surface area contributed by atoms with Crippen molar-refractivity contribution >= 4 is 5.82 Å². The van der Waals surface area contributed by atoms with Gasteiger partial charge in [-0.05, 0) is 12.8 Å². The fourth-order valence-corrected chi connectivity index (χ4v) is 1.90. The lowest BCUT2D eigenvalue weighted by atomic mass is 9.99. The number of nitrogens with zero attached hydrogens (tertiary/aromatic N) is 2. The molecule has 2 rings (SSSR count). The van der Waals surface area contributed by atoms with E-state index in [1.54, 1.807) is 13.2 Å². The number of nitrogen functional groups attached to an aromatic ring is 1. The lowest BCUT2D eigenvalue weighted by Gasteiger charge is -2.21. The maximum Gasteiger partial charge on any atom is 0.134 e. The van der Waals surface area contributed by atoms with Crippen molar-refractivity contribution in [2.45, 2.75) is 25.4 Å². The molecule has 16 heavy (non-hydrogen) atoms. The highest BCUT2D eigenvalue weighted by atomic mass is 16.5. The Morgan fingerprint density at radius 1 is 1.44 bits per heavy atom. The summed E-state index contributed by atoms with van der Waals surface area (Å²) in [7, 11) is 1.65. The molecule has 1 aromatic rings. The summed E-state index contributed by atoms with van der Waals surface area (Å²) in [5.74, 6) is 1.71. The largest absolute Gasteiger partial charge is 0.384 e. The third-order valence-electron chi connectivity index (χ3n) is 2.69. The minimum absolute atomic E-state index is 0.368. The second-order valence-electron chi connectivity index (χ2n) is 3.96. The van der Waals surface area contributed by atoms with Crippen LogP contribution in [-0.4, -0.2) is 30.3 Å². The summed E-state index contributed by atoms with van der Waals surface area (Å²) in [6, 6.07) is 1.76. The van der Waals surface area contributed by atoms with E-state index in [1.165, 1.54) is 0 Å². The zero-order valence-electron chi connectivity index (χ0n) is 9.48. The van der Waals surface area contributed by atoms with Gasteiger partial charge in [0.2, 0.25) is 0 Å². The Morgan fingerprint density at radius 3 is 2.88 bits per heavy atom. The molecule has 1 aromatic heterocycles. The second kappa shape index (κ2) is 5.23. The molecule has 1 aliphatic rings. The van der Waals surface area contributed by atoms with E-state index < -0.39 is 0 Å². The number of hydrogen-bond acceptors (Lipinski definition) is 5. The van der Waals surface area contributed by atoms with E-state index in [-0.39, 0.29) is 0 Å². The topological polar surface area (TPSA) is 70.3 Å². The van der Waals surface area contributed by atoms with Crippen LogP contribution in [-0.2, 0) is 16.1 Å². The summed E-state index contributed by atoms with van der Waals surface area (Å²) in [5, 5.41) is 0. The standard InChI is InChI=1S/C11H17N3O2/c1-15-7-9-6-10(12)14-11(13-9)8-2-4-16-5-3-8/h6,8H,2-5,7H2,1H3,(H2,12,13,14). The molecule has 0 bridgehead atoms. The van der Waals surface area contributed by atoms with Gasteiger partial charge in [0.25, 0.3) is 0 Å². The molecule has 5 nitrogen and oxygen atoms in total. The molecule has 5 heteroatoms. The van der Waals surface area contributed by atoms with Crippen LogP contribution < -0.4 is 5.73 Å². The molecule has 2 heterocycles. The average Bonchev–Trinajstić information content (AvgIpc) is 2.30. The predicted molar refractivity (Wildman–Crippen MR) is 60.0 cm³/mol. The number of rotatable bonds is 3. The van der Waals surface area contributed by atoms with E-state index in [0.717, 1.165) is 37.6 Å². The third-order valence-corrected chi connectivity index (χ3v) is 2.69. The fraction of sp³-hybridized carbons (Fsp3) is 0.636. The lowest BCUT2D eigenvalue weighted by molar-refractivity contribution is 0.0834. The molecule has 0 aromatic carbocycles. The van der Waals surface area contributed by atoms with Crippen molar-refractivity contribution in [2.24, 2.45) is 0 Å². The molecule has 1 fully saturated rings. The van der Waals surface area contributed by atoms with Crippen LogP contribution in [0.2, 0.25) is 0 Å². The number of anilines is 1. The second-order valence-corrected chi connectivity index (χ2v) is 3.96. The molecule has 0 amide bonds. The minimum atomic E-state index is 0.368. The lowest BCUT2D eigenvalue weighted by Crippen LogP contribution is -2.17. The van der Waals surface area contributed by atoms with Gasteiger partial charge in [0.1, 0.15) is 11.6 Å². The Kier molecular flexibility index (Phi) is 3.69. The Morgan fingerprint density at radius 2 is 2.19 bits per heavy atom. The van der Waals surface area contributed by atoms with Crippen LogP contribution in [0.3, 0.4) is 0 Å². The van der Waals surface area contributed by atoms with Gasteiger partial charge in [0.05, 0.1) is 12.3 Å². The van der Waals surface area contributed by atoms with Crippen molar-refractivity contribution in [1.29, 1.82) is 0 Å². The van der Waals surface area contributed by atoms with Crippen LogP contribution in [0.1, 0.15) is 30.3 Å². The van der Waals surface area contributed by atoms with E-state index in [0.29, 0.717) is 18.3 Å². The molecule has 0 spiro atoms. The first kappa shape index (κ1) is 11.3. The van der Waals surface area contributed by atoms with Crippen LogP contribution in [0.25, 0.3) is 0 Å². The van der Waals surface area contributed by atoms with Gasteiger partial charge in [-0.15, -0.1) is 0 Å². The first-order valence-corrected chi connectivity index (χ1v) is 5.49. The van der Waals surface area contributed by atoms with Gasteiger partial charge in [-0.25, -0.2) is 9.97 Å². The van der Waals surface area contributed by atoms with Gasteiger partial charge < -0.3 is 15.2 Å². The van der Waals surface area contributed by atoms with E-state index >= 15 is 0 Å². The quantitative estimate of drug-likeness (QED) is 0.830. The molecular formula is C11H17N3O2. The molecule has 1 saturated heterocycles. The fourth-order valence-electron chi connectivity index (χ4n) is 1.90. The molecular weight excluding hydrogens is 206 g/mol. The third kappa shape index (κ3) is 2.68. The molecule has 2 N–H and O–H groups in total. The average molecular weight is 223 g/mol. The van der Waals surface area contributed by atoms with Gasteiger partial charge in [0.15, 0.2) is 0 Å². The van der Waals surface area contributed by atoms with Gasteiger partial charge in [-0.3, -0.25) is 0 Å². The Balaban J connectivity index is 2.18. The molecule has 0 saturated carbocycles.